The van der Waals surface area contributed by atoms with Crippen molar-refractivity contribution in [3.63, 3.8) is 0 Å². The van der Waals surface area contributed by atoms with E-state index in [2.05, 4.69) is 15.3 Å². The Morgan fingerprint density at radius 2 is 2.00 bits per heavy atom. The largest absolute Gasteiger partial charge is 0.481 e. The van der Waals surface area contributed by atoms with E-state index >= 15 is 0 Å². The minimum atomic E-state index is -4.20. The Balaban J connectivity index is 1.99. The molecule has 1 atom stereocenters. The maximum Gasteiger partial charge on any atom is 0.403 e. The van der Waals surface area contributed by atoms with Gasteiger partial charge in [-0.15, -0.1) is 0 Å². The lowest BCUT2D eigenvalue weighted by atomic mass is 10.2. The van der Waals surface area contributed by atoms with Crippen LogP contribution in [0.15, 0.2) is 23.2 Å². The number of piperazine rings is 1. The standard InChI is InChI=1S/C17H26F3N5O/c1-4-21-16(22-12-14-6-5-7-15(23-14)26-3)25-10-8-24(9-11-25)13(2)17(18,19)20/h5-7,13H,4,8-12H2,1-3H3,(H,21,22). The molecule has 1 N–H and O–H groups in total. The molecule has 0 amide bonds. The molecule has 146 valence electrons. The Bertz CT molecular complexity index is 600. The first-order valence-corrected chi connectivity index (χ1v) is 8.69. The molecule has 0 aromatic carbocycles. The molecular formula is C17H26F3N5O. The quantitative estimate of drug-likeness (QED) is 0.633. The van der Waals surface area contributed by atoms with Gasteiger partial charge in [-0.05, 0) is 19.9 Å². The highest BCUT2D eigenvalue weighted by molar-refractivity contribution is 5.80. The molecule has 0 radical (unpaired) electrons. The number of aromatic nitrogens is 1. The molecule has 1 saturated heterocycles. The maximum atomic E-state index is 12.9. The summed E-state index contributed by atoms with van der Waals surface area (Å²) in [7, 11) is 1.56. The van der Waals surface area contributed by atoms with Crippen LogP contribution < -0.4 is 10.1 Å². The van der Waals surface area contributed by atoms with Crippen LogP contribution in [0.1, 0.15) is 19.5 Å². The summed E-state index contributed by atoms with van der Waals surface area (Å²) in [5, 5.41) is 3.20. The first kappa shape index (κ1) is 20.3. The average molecular weight is 373 g/mol. The van der Waals surface area contributed by atoms with Gasteiger partial charge in [0.15, 0.2) is 5.96 Å². The number of ether oxygens (including phenoxy) is 1. The van der Waals surface area contributed by atoms with Crippen LogP contribution in [-0.2, 0) is 6.54 Å². The van der Waals surface area contributed by atoms with Crippen molar-refractivity contribution in [2.24, 2.45) is 4.99 Å². The zero-order valence-electron chi connectivity index (χ0n) is 15.4. The lowest BCUT2D eigenvalue weighted by Crippen LogP contribution is -2.56. The van der Waals surface area contributed by atoms with Gasteiger partial charge >= 0.3 is 6.18 Å². The van der Waals surface area contributed by atoms with Gasteiger partial charge in [-0.1, -0.05) is 6.07 Å². The molecule has 26 heavy (non-hydrogen) atoms. The van der Waals surface area contributed by atoms with Gasteiger partial charge in [0.05, 0.1) is 19.3 Å². The summed E-state index contributed by atoms with van der Waals surface area (Å²) in [6, 6.07) is 4.05. The van der Waals surface area contributed by atoms with Gasteiger partial charge < -0.3 is 15.0 Å². The van der Waals surface area contributed by atoms with Crippen molar-refractivity contribution in [3.05, 3.63) is 23.9 Å². The van der Waals surface area contributed by atoms with E-state index in [-0.39, 0.29) is 0 Å². The van der Waals surface area contributed by atoms with E-state index in [4.69, 9.17) is 4.74 Å². The van der Waals surface area contributed by atoms with Crippen molar-refractivity contribution < 1.29 is 17.9 Å². The van der Waals surface area contributed by atoms with Crippen LogP contribution in [0.5, 0.6) is 5.88 Å². The molecule has 0 bridgehead atoms. The summed E-state index contributed by atoms with van der Waals surface area (Å²) in [6.45, 7) is 5.92. The fourth-order valence-electron chi connectivity index (χ4n) is 2.77. The molecule has 0 spiro atoms. The number of halogens is 3. The number of hydrogen-bond donors (Lipinski definition) is 1. The third kappa shape index (κ3) is 5.48. The Labute approximate surface area is 152 Å². The first-order chi connectivity index (χ1) is 12.3. The van der Waals surface area contributed by atoms with Crippen LogP contribution in [0.25, 0.3) is 0 Å². The fourth-order valence-corrected chi connectivity index (χ4v) is 2.77. The smallest absolute Gasteiger partial charge is 0.403 e. The predicted molar refractivity (Wildman–Crippen MR) is 94.3 cm³/mol. The van der Waals surface area contributed by atoms with Crippen molar-refractivity contribution in [1.82, 2.24) is 20.1 Å². The molecule has 1 aromatic rings. The summed E-state index contributed by atoms with van der Waals surface area (Å²) >= 11 is 0. The summed E-state index contributed by atoms with van der Waals surface area (Å²) in [6.07, 6.45) is -4.20. The van der Waals surface area contributed by atoms with Crippen molar-refractivity contribution in [2.75, 3.05) is 39.8 Å². The number of pyridine rings is 1. The second kappa shape index (κ2) is 9.07. The van der Waals surface area contributed by atoms with E-state index in [0.717, 1.165) is 5.69 Å². The molecule has 1 fully saturated rings. The van der Waals surface area contributed by atoms with Crippen molar-refractivity contribution in [1.29, 1.82) is 0 Å². The van der Waals surface area contributed by atoms with E-state index in [1.807, 2.05) is 24.0 Å². The number of nitrogens with zero attached hydrogens (tertiary/aromatic N) is 4. The lowest BCUT2D eigenvalue weighted by molar-refractivity contribution is -0.181. The monoisotopic (exact) mass is 373 g/mol. The summed E-state index contributed by atoms with van der Waals surface area (Å²) in [5.41, 5.74) is 0.768. The molecule has 1 aliphatic rings. The molecule has 2 heterocycles. The highest BCUT2D eigenvalue weighted by Crippen LogP contribution is 2.25. The van der Waals surface area contributed by atoms with Gasteiger partial charge in [-0.2, -0.15) is 13.2 Å². The first-order valence-electron chi connectivity index (χ1n) is 8.69. The summed E-state index contributed by atoms with van der Waals surface area (Å²) in [5.74, 6) is 1.22. The van der Waals surface area contributed by atoms with E-state index in [1.54, 1.807) is 13.2 Å². The fraction of sp³-hybridized carbons (Fsp3) is 0.647. The minimum Gasteiger partial charge on any atom is -0.481 e. The Morgan fingerprint density at radius 3 is 2.58 bits per heavy atom. The zero-order valence-corrected chi connectivity index (χ0v) is 15.4. The third-order valence-electron chi connectivity index (χ3n) is 4.35. The zero-order chi connectivity index (χ0) is 19.2. The van der Waals surface area contributed by atoms with Gasteiger partial charge in [-0.3, -0.25) is 4.90 Å². The second-order valence-corrected chi connectivity index (χ2v) is 6.08. The normalized spacial score (nSPS) is 17.9. The Hall–Kier alpha value is -2.03. The van der Waals surface area contributed by atoms with Crippen LogP contribution in [0.3, 0.4) is 0 Å². The molecule has 1 aromatic heterocycles. The molecule has 0 aliphatic carbocycles. The maximum absolute atomic E-state index is 12.9. The summed E-state index contributed by atoms with van der Waals surface area (Å²) in [4.78, 5) is 12.3. The van der Waals surface area contributed by atoms with Gasteiger partial charge in [0, 0.05) is 38.8 Å². The van der Waals surface area contributed by atoms with E-state index in [0.29, 0.717) is 51.1 Å². The third-order valence-corrected chi connectivity index (χ3v) is 4.35. The molecule has 1 unspecified atom stereocenters. The SMILES string of the molecule is CCNC(=NCc1cccc(OC)n1)N1CCN(C(C)C(F)(F)F)CC1. The van der Waals surface area contributed by atoms with Crippen LogP contribution in [0.2, 0.25) is 0 Å². The van der Waals surface area contributed by atoms with Crippen molar-refractivity contribution >= 4 is 5.96 Å². The Morgan fingerprint density at radius 1 is 1.31 bits per heavy atom. The summed E-state index contributed by atoms with van der Waals surface area (Å²) < 4.78 is 43.7. The van der Waals surface area contributed by atoms with E-state index in [1.165, 1.54) is 11.8 Å². The number of alkyl halides is 3. The average Bonchev–Trinajstić information content (AvgIpc) is 2.64. The molecular weight excluding hydrogens is 347 g/mol. The second-order valence-electron chi connectivity index (χ2n) is 6.08. The number of guanidine groups is 1. The number of methoxy groups -OCH3 is 1. The molecule has 2 rings (SSSR count). The van der Waals surface area contributed by atoms with E-state index < -0.39 is 12.2 Å². The van der Waals surface area contributed by atoms with Crippen LogP contribution >= 0.6 is 0 Å². The molecule has 0 saturated carbocycles. The van der Waals surface area contributed by atoms with E-state index in [9.17, 15) is 13.2 Å². The highest BCUT2D eigenvalue weighted by atomic mass is 19.4. The van der Waals surface area contributed by atoms with Gasteiger partial charge in [0.25, 0.3) is 0 Å². The van der Waals surface area contributed by atoms with Gasteiger partial charge in [0.2, 0.25) is 5.88 Å². The predicted octanol–water partition coefficient (Wildman–Crippen LogP) is 2.12. The number of rotatable bonds is 5. The van der Waals surface area contributed by atoms with Crippen molar-refractivity contribution in [2.45, 2.75) is 32.6 Å². The lowest BCUT2D eigenvalue weighted by Gasteiger charge is -2.39. The van der Waals surface area contributed by atoms with Crippen LogP contribution in [0.4, 0.5) is 13.2 Å². The van der Waals surface area contributed by atoms with Crippen LogP contribution in [-0.4, -0.2) is 72.8 Å². The molecule has 9 heteroatoms. The number of hydrogen-bond acceptors (Lipinski definition) is 4. The molecule has 6 nitrogen and oxygen atoms in total. The van der Waals surface area contributed by atoms with Gasteiger partial charge in [-0.25, -0.2) is 9.98 Å². The highest BCUT2D eigenvalue weighted by Gasteiger charge is 2.41. The minimum absolute atomic E-state index is 0.350. The van der Waals surface area contributed by atoms with Crippen molar-refractivity contribution in [3.8, 4) is 5.88 Å². The van der Waals surface area contributed by atoms with Crippen LogP contribution in [0, 0.1) is 0 Å². The number of aliphatic imine (C=N–C) groups is 1. The topological polar surface area (TPSA) is 53.0 Å². The number of nitrogens with one attached hydrogen (secondary N) is 1. The van der Waals surface area contributed by atoms with Gasteiger partial charge in [0.1, 0.15) is 6.04 Å². The molecule has 1 aliphatic heterocycles. The Kier molecular flexibility index (Phi) is 7.07.